The molecule has 3 aromatic rings. The van der Waals surface area contributed by atoms with Gasteiger partial charge in [-0.1, -0.05) is 0 Å². The van der Waals surface area contributed by atoms with Crippen molar-refractivity contribution in [1.82, 2.24) is 15.5 Å². The zero-order valence-electron chi connectivity index (χ0n) is 17.8. The van der Waals surface area contributed by atoms with Gasteiger partial charge in [-0.15, -0.1) is 0 Å². The second kappa shape index (κ2) is 8.45. The van der Waals surface area contributed by atoms with E-state index >= 15 is 0 Å². The Morgan fingerprint density at radius 1 is 1.19 bits per heavy atom. The molecule has 1 aromatic carbocycles. The fourth-order valence-corrected chi connectivity index (χ4v) is 4.08. The number of piperidine rings is 1. The predicted octanol–water partition coefficient (Wildman–Crippen LogP) is 4.45. The fourth-order valence-electron chi connectivity index (χ4n) is 4.08. The van der Waals surface area contributed by atoms with E-state index in [-0.39, 0.29) is 29.8 Å². The lowest BCUT2D eigenvalue weighted by atomic mass is 10.0. The molecule has 3 heterocycles. The molecule has 1 atom stereocenters. The van der Waals surface area contributed by atoms with Crippen LogP contribution in [0, 0.1) is 19.7 Å². The zero-order chi connectivity index (χ0) is 22.1. The van der Waals surface area contributed by atoms with Crippen molar-refractivity contribution in [2.24, 2.45) is 0 Å². The van der Waals surface area contributed by atoms with Crippen LogP contribution in [0.3, 0.4) is 0 Å². The Balaban J connectivity index is 1.32. The largest absolute Gasteiger partial charge is 0.469 e. The summed E-state index contributed by atoms with van der Waals surface area (Å²) in [5.74, 6) is 0.732. The van der Waals surface area contributed by atoms with Crippen LogP contribution in [0.4, 0.5) is 9.18 Å². The third kappa shape index (κ3) is 4.28. The normalized spacial score (nSPS) is 15.8. The van der Waals surface area contributed by atoms with Gasteiger partial charge in [0.05, 0.1) is 17.9 Å². The van der Waals surface area contributed by atoms with Gasteiger partial charge in [0, 0.05) is 30.1 Å². The maximum atomic E-state index is 13.5. The number of fused-ring (bicyclic) bond motifs is 1. The highest BCUT2D eigenvalue weighted by Gasteiger charge is 2.27. The van der Waals surface area contributed by atoms with Crippen molar-refractivity contribution in [2.75, 3.05) is 13.1 Å². The molecule has 1 fully saturated rings. The van der Waals surface area contributed by atoms with Crippen LogP contribution in [-0.4, -0.2) is 36.0 Å². The van der Waals surface area contributed by atoms with Crippen molar-refractivity contribution in [3.8, 4) is 0 Å². The number of benzene rings is 1. The van der Waals surface area contributed by atoms with Crippen molar-refractivity contribution in [3.05, 3.63) is 59.0 Å². The number of rotatable bonds is 4. The highest BCUT2D eigenvalue weighted by atomic mass is 19.1. The third-order valence-corrected chi connectivity index (χ3v) is 5.89. The molecule has 7 nitrogen and oxygen atoms in total. The Labute approximate surface area is 179 Å². The number of urea groups is 1. The van der Waals surface area contributed by atoms with E-state index in [0.29, 0.717) is 54.0 Å². The number of nitrogens with one attached hydrogen (secondary N) is 2. The number of nitrogens with zero attached hydrogens (tertiary/aromatic N) is 1. The van der Waals surface area contributed by atoms with E-state index in [0.717, 1.165) is 5.56 Å². The maximum absolute atomic E-state index is 13.5. The van der Waals surface area contributed by atoms with Crippen molar-refractivity contribution < 1.29 is 22.8 Å². The van der Waals surface area contributed by atoms with Crippen LogP contribution < -0.4 is 10.6 Å². The van der Waals surface area contributed by atoms with E-state index in [9.17, 15) is 14.0 Å². The molecule has 0 aliphatic carbocycles. The molecule has 31 heavy (non-hydrogen) atoms. The van der Waals surface area contributed by atoms with Crippen LogP contribution in [0.2, 0.25) is 0 Å². The summed E-state index contributed by atoms with van der Waals surface area (Å²) >= 11 is 0. The standard InChI is InChI=1S/C23H26FN3O4/c1-13-19-12-16(24)4-5-20(19)31-21(13)14(2)25-23(29)27-9-6-17(7-10-27)26-22(28)18-8-11-30-15(18)3/h4-5,8,11-12,14,17H,6-7,9-10H2,1-3H3,(H,25,29)(H,26,28). The van der Waals surface area contributed by atoms with Crippen molar-refractivity contribution >= 4 is 22.9 Å². The quantitative estimate of drug-likeness (QED) is 0.644. The Hall–Kier alpha value is -3.29. The number of amides is 3. The zero-order valence-corrected chi connectivity index (χ0v) is 17.8. The van der Waals surface area contributed by atoms with Gasteiger partial charge in [-0.25, -0.2) is 9.18 Å². The van der Waals surface area contributed by atoms with Crippen molar-refractivity contribution in [1.29, 1.82) is 0 Å². The smallest absolute Gasteiger partial charge is 0.317 e. The van der Waals surface area contributed by atoms with E-state index in [4.69, 9.17) is 8.83 Å². The minimum atomic E-state index is -0.357. The minimum absolute atomic E-state index is 0.00999. The molecule has 1 aliphatic rings. The summed E-state index contributed by atoms with van der Waals surface area (Å²) in [7, 11) is 0. The van der Waals surface area contributed by atoms with Crippen LogP contribution in [0.1, 0.15) is 53.2 Å². The van der Waals surface area contributed by atoms with Gasteiger partial charge < -0.3 is 24.4 Å². The number of carbonyl (C=O) groups excluding carboxylic acids is 2. The number of halogens is 1. The van der Waals surface area contributed by atoms with Crippen LogP contribution in [0.5, 0.6) is 0 Å². The summed E-state index contributed by atoms with van der Waals surface area (Å²) in [4.78, 5) is 26.8. The first-order valence-corrected chi connectivity index (χ1v) is 10.4. The van der Waals surface area contributed by atoms with E-state index in [1.807, 2.05) is 13.8 Å². The molecule has 4 rings (SSSR count). The predicted molar refractivity (Wildman–Crippen MR) is 113 cm³/mol. The number of hydrogen-bond donors (Lipinski definition) is 2. The van der Waals surface area contributed by atoms with Crippen molar-refractivity contribution in [3.63, 3.8) is 0 Å². The molecule has 2 aromatic heterocycles. The van der Waals surface area contributed by atoms with E-state index in [1.165, 1.54) is 18.4 Å². The van der Waals surface area contributed by atoms with Crippen LogP contribution in [0.15, 0.2) is 39.4 Å². The molecule has 0 spiro atoms. The monoisotopic (exact) mass is 427 g/mol. The molecular weight excluding hydrogens is 401 g/mol. The molecule has 3 amide bonds. The molecule has 0 saturated carbocycles. The molecular formula is C23H26FN3O4. The Kier molecular flexibility index (Phi) is 5.71. The van der Waals surface area contributed by atoms with Crippen LogP contribution in [0.25, 0.3) is 11.0 Å². The Morgan fingerprint density at radius 3 is 2.61 bits per heavy atom. The van der Waals surface area contributed by atoms with Gasteiger partial charge in [-0.3, -0.25) is 4.79 Å². The number of aryl methyl sites for hydroxylation is 2. The van der Waals surface area contributed by atoms with E-state index in [2.05, 4.69) is 10.6 Å². The summed E-state index contributed by atoms with van der Waals surface area (Å²) in [6.45, 7) is 6.54. The summed E-state index contributed by atoms with van der Waals surface area (Å²) < 4.78 is 24.6. The molecule has 1 aliphatic heterocycles. The topological polar surface area (TPSA) is 87.7 Å². The molecule has 0 radical (unpaired) electrons. The molecule has 1 saturated heterocycles. The van der Waals surface area contributed by atoms with E-state index < -0.39 is 0 Å². The molecule has 164 valence electrons. The van der Waals surface area contributed by atoms with E-state index in [1.54, 1.807) is 24.0 Å². The molecule has 2 N–H and O–H groups in total. The average molecular weight is 427 g/mol. The minimum Gasteiger partial charge on any atom is -0.469 e. The lowest BCUT2D eigenvalue weighted by Crippen LogP contribution is -2.49. The molecule has 0 bridgehead atoms. The summed E-state index contributed by atoms with van der Waals surface area (Å²) in [6, 6.07) is 5.52. The lowest BCUT2D eigenvalue weighted by molar-refractivity contribution is 0.0916. The Morgan fingerprint density at radius 2 is 1.94 bits per heavy atom. The van der Waals surface area contributed by atoms with Gasteiger partial charge in [0.2, 0.25) is 0 Å². The third-order valence-electron chi connectivity index (χ3n) is 5.89. The Bertz CT molecular complexity index is 1110. The summed E-state index contributed by atoms with van der Waals surface area (Å²) in [6.07, 6.45) is 2.85. The van der Waals surface area contributed by atoms with Gasteiger partial charge in [0.25, 0.3) is 5.91 Å². The van der Waals surface area contributed by atoms with Gasteiger partial charge in [-0.05, 0) is 57.9 Å². The van der Waals surface area contributed by atoms with Crippen LogP contribution in [-0.2, 0) is 0 Å². The van der Waals surface area contributed by atoms with Gasteiger partial charge in [0.1, 0.15) is 22.9 Å². The second-order valence-electron chi connectivity index (χ2n) is 8.03. The van der Waals surface area contributed by atoms with Crippen molar-refractivity contribution in [2.45, 2.75) is 45.7 Å². The number of hydrogen-bond acceptors (Lipinski definition) is 4. The number of carbonyl (C=O) groups is 2. The first-order valence-electron chi connectivity index (χ1n) is 10.4. The highest BCUT2D eigenvalue weighted by Crippen LogP contribution is 2.30. The average Bonchev–Trinajstić information content (AvgIpc) is 3.32. The summed E-state index contributed by atoms with van der Waals surface area (Å²) in [5.41, 5.74) is 1.95. The highest BCUT2D eigenvalue weighted by molar-refractivity contribution is 5.95. The first kappa shape index (κ1) is 21.0. The van der Waals surface area contributed by atoms with Gasteiger partial charge in [0.15, 0.2) is 0 Å². The van der Waals surface area contributed by atoms with Crippen LogP contribution >= 0.6 is 0 Å². The fraction of sp³-hybridized carbons (Fsp3) is 0.391. The van der Waals surface area contributed by atoms with Gasteiger partial charge >= 0.3 is 6.03 Å². The van der Waals surface area contributed by atoms with Gasteiger partial charge in [-0.2, -0.15) is 0 Å². The molecule has 8 heteroatoms. The summed E-state index contributed by atoms with van der Waals surface area (Å²) in [5, 5.41) is 6.69. The SMILES string of the molecule is Cc1occc1C(=O)NC1CCN(C(=O)NC(C)c2oc3ccc(F)cc3c2C)CC1. The second-order valence-corrected chi connectivity index (χ2v) is 8.03. The first-order chi connectivity index (χ1) is 14.8. The number of likely N-dealkylation sites (tertiary alicyclic amines) is 1. The lowest BCUT2D eigenvalue weighted by Gasteiger charge is -2.33. The number of furan rings is 2. The maximum Gasteiger partial charge on any atom is 0.317 e. The molecule has 1 unspecified atom stereocenters.